The molecule has 2 rings (SSSR count). The van der Waals surface area contributed by atoms with Gasteiger partial charge in [-0.3, -0.25) is 4.79 Å². The maximum atomic E-state index is 11.0. The predicted molar refractivity (Wildman–Crippen MR) is 55.4 cm³/mol. The Morgan fingerprint density at radius 1 is 1.29 bits per heavy atom. The van der Waals surface area contributed by atoms with Crippen LogP contribution in [0.15, 0.2) is 22.9 Å². The number of dihydropyridines is 1. The molecular weight excluding hydrogens is 176 g/mol. The quantitative estimate of drug-likeness (QED) is 0.656. The number of allylic oxidation sites excluding steroid dienone is 3. The molecule has 0 aromatic rings. The summed E-state index contributed by atoms with van der Waals surface area (Å²) in [5.74, 6) is -0.298. The molecule has 0 radical (unpaired) electrons. The van der Waals surface area contributed by atoms with E-state index in [1.807, 2.05) is 6.08 Å². The second-order valence-electron chi connectivity index (χ2n) is 3.95. The molecule has 76 valence electrons. The molecular formula is C11H16N2O. The molecule has 1 aliphatic carbocycles. The Kier molecular flexibility index (Phi) is 2.57. The minimum atomic E-state index is -0.298. The molecule has 3 heteroatoms. The highest BCUT2D eigenvalue weighted by Crippen LogP contribution is 2.26. The van der Waals surface area contributed by atoms with Crippen LogP contribution in [0.2, 0.25) is 0 Å². The third-order valence-corrected chi connectivity index (χ3v) is 2.92. The van der Waals surface area contributed by atoms with E-state index in [0.29, 0.717) is 12.1 Å². The Hall–Kier alpha value is -1.25. The minimum absolute atomic E-state index is 0.298. The van der Waals surface area contributed by atoms with E-state index in [0.717, 1.165) is 12.8 Å². The Balaban J connectivity index is 2.23. The number of nitrogens with one attached hydrogen (secondary N) is 1. The van der Waals surface area contributed by atoms with Gasteiger partial charge in [0.2, 0.25) is 5.91 Å². The highest BCUT2D eigenvalue weighted by atomic mass is 16.1. The molecule has 1 heterocycles. The Bertz CT molecular complexity index is 315. The topological polar surface area (TPSA) is 55.1 Å². The maximum absolute atomic E-state index is 11.0. The van der Waals surface area contributed by atoms with Crippen LogP contribution >= 0.6 is 0 Å². The summed E-state index contributed by atoms with van der Waals surface area (Å²) in [4.78, 5) is 11.0. The van der Waals surface area contributed by atoms with Gasteiger partial charge in [0.15, 0.2) is 0 Å². The van der Waals surface area contributed by atoms with E-state index in [-0.39, 0.29) is 5.91 Å². The number of rotatable bonds is 1. The van der Waals surface area contributed by atoms with Gasteiger partial charge in [-0.15, -0.1) is 0 Å². The van der Waals surface area contributed by atoms with Crippen LogP contribution in [0, 0.1) is 0 Å². The van der Waals surface area contributed by atoms with E-state index in [2.05, 4.69) is 5.32 Å². The van der Waals surface area contributed by atoms with Crippen LogP contribution in [0.5, 0.6) is 0 Å². The van der Waals surface area contributed by atoms with E-state index in [4.69, 9.17) is 5.73 Å². The van der Waals surface area contributed by atoms with E-state index < -0.39 is 0 Å². The van der Waals surface area contributed by atoms with Crippen LogP contribution < -0.4 is 11.1 Å². The number of amides is 1. The van der Waals surface area contributed by atoms with Crippen LogP contribution in [0.25, 0.3) is 0 Å². The molecule has 14 heavy (non-hydrogen) atoms. The van der Waals surface area contributed by atoms with Gasteiger partial charge >= 0.3 is 0 Å². The van der Waals surface area contributed by atoms with Crippen LogP contribution in [-0.4, -0.2) is 12.5 Å². The number of carbonyl (C=O) groups excluding carboxylic acids is 1. The summed E-state index contributed by atoms with van der Waals surface area (Å²) in [6, 6.07) is 0. The van der Waals surface area contributed by atoms with Crippen LogP contribution in [0.3, 0.4) is 0 Å². The summed E-state index contributed by atoms with van der Waals surface area (Å²) in [5, 5.41) is 3.30. The first-order chi connectivity index (χ1) is 6.77. The molecule has 3 nitrogen and oxygen atoms in total. The zero-order chi connectivity index (χ0) is 9.97. The van der Waals surface area contributed by atoms with Crippen LogP contribution in [0.4, 0.5) is 0 Å². The van der Waals surface area contributed by atoms with E-state index in [1.54, 1.807) is 0 Å². The maximum Gasteiger partial charge on any atom is 0.246 e. The van der Waals surface area contributed by atoms with Gasteiger partial charge in [-0.05, 0) is 37.3 Å². The van der Waals surface area contributed by atoms with E-state index in [9.17, 15) is 4.79 Å². The van der Waals surface area contributed by atoms with E-state index in [1.165, 1.54) is 30.5 Å². The summed E-state index contributed by atoms with van der Waals surface area (Å²) in [6.45, 7) is 0.605. The van der Waals surface area contributed by atoms with Gasteiger partial charge in [-0.2, -0.15) is 0 Å². The number of hydrogen-bond donors (Lipinski definition) is 2. The molecule has 1 amide bonds. The normalized spacial score (nSPS) is 21.9. The lowest BCUT2D eigenvalue weighted by Gasteiger charge is -2.19. The summed E-state index contributed by atoms with van der Waals surface area (Å²) in [7, 11) is 0. The molecule has 0 aromatic heterocycles. The van der Waals surface area contributed by atoms with Crippen molar-refractivity contribution in [1.29, 1.82) is 0 Å². The van der Waals surface area contributed by atoms with Crippen molar-refractivity contribution in [1.82, 2.24) is 5.32 Å². The third kappa shape index (κ3) is 1.81. The Morgan fingerprint density at radius 3 is 2.86 bits per heavy atom. The highest BCUT2D eigenvalue weighted by Gasteiger charge is 2.17. The van der Waals surface area contributed by atoms with Gasteiger partial charge < -0.3 is 11.1 Å². The molecule has 2 aliphatic rings. The zero-order valence-corrected chi connectivity index (χ0v) is 8.31. The minimum Gasteiger partial charge on any atom is -0.384 e. The second kappa shape index (κ2) is 3.86. The van der Waals surface area contributed by atoms with Crippen molar-refractivity contribution in [3.8, 4) is 0 Å². The number of hydrogen-bond acceptors (Lipinski definition) is 2. The third-order valence-electron chi connectivity index (χ3n) is 2.92. The first-order valence-corrected chi connectivity index (χ1v) is 5.23. The molecule has 0 unspecified atom stereocenters. The van der Waals surface area contributed by atoms with E-state index >= 15 is 0 Å². The van der Waals surface area contributed by atoms with Crippen molar-refractivity contribution < 1.29 is 4.79 Å². The predicted octanol–water partition coefficient (Wildman–Crippen LogP) is 1.22. The Morgan fingerprint density at radius 2 is 2.07 bits per heavy atom. The summed E-state index contributed by atoms with van der Waals surface area (Å²) in [5.41, 5.74) is 8.59. The smallest absolute Gasteiger partial charge is 0.246 e. The first-order valence-electron chi connectivity index (χ1n) is 5.23. The lowest BCUT2D eigenvalue weighted by molar-refractivity contribution is -0.114. The fourth-order valence-corrected chi connectivity index (χ4v) is 2.09. The molecule has 0 atom stereocenters. The fraction of sp³-hybridized carbons (Fsp3) is 0.545. The van der Waals surface area contributed by atoms with Crippen molar-refractivity contribution in [3.05, 3.63) is 22.9 Å². The van der Waals surface area contributed by atoms with Crippen LogP contribution in [0.1, 0.15) is 32.1 Å². The number of carbonyl (C=O) groups is 1. The fourth-order valence-electron chi connectivity index (χ4n) is 2.09. The van der Waals surface area contributed by atoms with Crippen LogP contribution in [-0.2, 0) is 4.79 Å². The van der Waals surface area contributed by atoms with Gasteiger partial charge in [-0.25, -0.2) is 0 Å². The standard InChI is InChI=1S/C11H16N2O/c12-11(14)9-6-8-4-2-1-3-5-10(8)13-7-9/h6,13H,1-5,7H2,(H2,12,14). The van der Waals surface area contributed by atoms with Gasteiger partial charge in [0.05, 0.1) is 0 Å². The van der Waals surface area contributed by atoms with Gasteiger partial charge in [0, 0.05) is 17.8 Å². The van der Waals surface area contributed by atoms with Crippen molar-refractivity contribution in [2.45, 2.75) is 32.1 Å². The molecule has 0 aromatic carbocycles. The van der Waals surface area contributed by atoms with Gasteiger partial charge in [-0.1, -0.05) is 6.42 Å². The summed E-state index contributed by atoms with van der Waals surface area (Å²) in [6.07, 6.45) is 7.96. The average molecular weight is 192 g/mol. The lowest BCUT2D eigenvalue weighted by atomic mass is 10.0. The van der Waals surface area contributed by atoms with Crippen molar-refractivity contribution in [2.24, 2.45) is 5.73 Å². The SMILES string of the molecule is NC(=O)C1=CC2=C(CCCCC2)NC1. The van der Waals surface area contributed by atoms with Crippen molar-refractivity contribution in [2.75, 3.05) is 6.54 Å². The molecule has 3 N–H and O–H groups in total. The van der Waals surface area contributed by atoms with Gasteiger partial charge in [0.25, 0.3) is 0 Å². The lowest BCUT2D eigenvalue weighted by Crippen LogP contribution is -2.28. The molecule has 0 saturated carbocycles. The first kappa shape index (κ1) is 9.31. The molecule has 0 bridgehead atoms. The van der Waals surface area contributed by atoms with Crippen molar-refractivity contribution in [3.63, 3.8) is 0 Å². The average Bonchev–Trinajstić information content (AvgIpc) is 2.41. The zero-order valence-electron chi connectivity index (χ0n) is 8.31. The molecule has 1 aliphatic heterocycles. The monoisotopic (exact) mass is 192 g/mol. The summed E-state index contributed by atoms with van der Waals surface area (Å²) < 4.78 is 0. The molecule has 0 spiro atoms. The molecule has 0 fully saturated rings. The summed E-state index contributed by atoms with van der Waals surface area (Å²) >= 11 is 0. The largest absolute Gasteiger partial charge is 0.384 e. The number of nitrogens with two attached hydrogens (primary N) is 1. The van der Waals surface area contributed by atoms with Gasteiger partial charge in [0.1, 0.15) is 0 Å². The second-order valence-corrected chi connectivity index (χ2v) is 3.95. The highest BCUT2D eigenvalue weighted by molar-refractivity contribution is 5.93. The Labute approximate surface area is 84.0 Å². The van der Waals surface area contributed by atoms with Crippen molar-refractivity contribution >= 4 is 5.91 Å². The molecule has 0 saturated heterocycles. The number of primary amides is 1.